The summed E-state index contributed by atoms with van der Waals surface area (Å²) in [5, 5.41) is 3.11. The Bertz CT molecular complexity index is 380. The quantitative estimate of drug-likeness (QED) is 0.446. The van der Waals surface area contributed by atoms with Gasteiger partial charge in [0.05, 0.1) is 19.3 Å². The van der Waals surface area contributed by atoms with Crippen molar-refractivity contribution in [2.75, 3.05) is 37.9 Å². The number of hydrogen-bond donors (Lipinski definition) is 2. The molecule has 0 aliphatic heterocycles. The molecule has 0 atom stereocenters. The average molecular weight is 238 g/mol. The first kappa shape index (κ1) is 13.3. The first-order valence-electron chi connectivity index (χ1n) is 5.48. The van der Waals surface area contributed by atoms with E-state index < -0.39 is 5.97 Å². The van der Waals surface area contributed by atoms with Crippen molar-refractivity contribution in [2.24, 2.45) is 0 Å². The summed E-state index contributed by atoms with van der Waals surface area (Å²) >= 11 is 0. The van der Waals surface area contributed by atoms with Crippen LogP contribution in [0.5, 0.6) is 0 Å². The summed E-state index contributed by atoms with van der Waals surface area (Å²) in [4.78, 5) is 11.5. The lowest BCUT2D eigenvalue weighted by Crippen LogP contribution is -2.13. The van der Waals surface area contributed by atoms with E-state index in [2.05, 4.69) is 5.32 Å². The third kappa shape index (κ3) is 3.96. The fourth-order valence-electron chi connectivity index (χ4n) is 1.40. The molecule has 0 saturated heterocycles. The van der Waals surface area contributed by atoms with E-state index in [4.69, 9.17) is 15.2 Å². The van der Waals surface area contributed by atoms with Gasteiger partial charge in [-0.15, -0.1) is 0 Å². The van der Waals surface area contributed by atoms with Crippen LogP contribution >= 0.6 is 0 Å². The smallest absolute Gasteiger partial charge is 0.340 e. The van der Waals surface area contributed by atoms with Crippen molar-refractivity contribution in [3.05, 3.63) is 23.8 Å². The highest BCUT2D eigenvalue weighted by atomic mass is 16.5. The van der Waals surface area contributed by atoms with Gasteiger partial charge in [-0.2, -0.15) is 0 Å². The highest BCUT2D eigenvalue weighted by Crippen LogP contribution is 2.19. The van der Waals surface area contributed by atoms with Gasteiger partial charge < -0.3 is 20.5 Å². The van der Waals surface area contributed by atoms with Crippen molar-refractivity contribution in [3.8, 4) is 0 Å². The molecular weight excluding hydrogens is 220 g/mol. The summed E-state index contributed by atoms with van der Waals surface area (Å²) in [6.07, 6.45) is 0. The number of carbonyl (C=O) groups excluding carboxylic acids is 1. The summed E-state index contributed by atoms with van der Waals surface area (Å²) in [7, 11) is 1.34. The second-order valence-electron chi connectivity index (χ2n) is 3.42. The van der Waals surface area contributed by atoms with Crippen molar-refractivity contribution < 1.29 is 14.3 Å². The van der Waals surface area contributed by atoms with Crippen LogP contribution in [-0.4, -0.2) is 32.8 Å². The molecule has 17 heavy (non-hydrogen) atoms. The molecule has 0 radical (unpaired) electrons. The van der Waals surface area contributed by atoms with Gasteiger partial charge in [-0.1, -0.05) is 0 Å². The van der Waals surface area contributed by atoms with E-state index in [1.807, 2.05) is 6.92 Å². The Balaban J connectivity index is 2.72. The van der Waals surface area contributed by atoms with Gasteiger partial charge in [0.25, 0.3) is 0 Å². The van der Waals surface area contributed by atoms with E-state index in [1.54, 1.807) is 18.2 Å². The molecule has 1 aromatic carbocycles. The predicted molar refractivity (Wildman–Crippen MR) is 67.2 cm³/mol. The number of nitrogens with one attached hydrogen (secondary N) is 1. The van der Waals surface area contributed by atoms with E-state index in [0.29, 0.717) is 36.7 Å². The SMILES string of the molecule is CCOCCNc1ccc(N)cc1C(=O)OC. The molecular formula is C12H18N2O3. The van der Waals surface area contributed by atoms with E-state index in [1.165, 1.54) is 7.11 Å². The number of anilines is 2. The lowest BCUT2D eigenvalue weighted by Gasteiger charge is -2.11. The molecule has 0 heterocycles. The predicted octanol–water partition coefficient (Wildman–Crippen LogP) is 1.50. The molecule has 0 saturated carbocycles. The topological polar surface area (TPSA) is 73.6 Å². The zero-order valence-electron chi connectivity index (χ0n) is 10.2. The number of rotatable bonds is 6. The normalized spacial score (nSPS) is 10.0. The molecule has 3 N–H and O–H groups in total. The van der Waals surface area contributed by atoms with Gasteiger partial charge in [-0.05, 0) is 25.1 Å². The van der Waals surface area contributed by atoms with Crippen LogP contribution in [0.1, 0.15) is 17.3 Å². The van der Waals surface area contributed by atoms with Gasteiger partial charge >= 0.3 is 5.97 Å². The van der Waals surface area contributed by atoms with Crippen molar-refractivity contribution in [2.45, 2.75) is 6.92 Å². The molecule has 0 unspecified atom stereocenters. The van der Waals surface area contributed by atoms with Gasteiger partial charge in [-0.25, -0.2) is 4.79 Å². The first-order chi connectivity index (χ1) is 8.19. The fourth-order valence-corrected chi connectivity index (χ4v) is 1.40. The highest BCUT2D eigenvalue weighted by Gasteiger charge is 2.11. The second-order valence-corrected chi connectivity index (χ2v) is 3.42. The first-order valence-corrected chi connectivity index (χ1v) is 5.48. The second kappa shape index (κ2) is 6.75. The molecule has 0 aliphatic carbocycles. The van der Waals surface area contributed by atoms with Gasteiger partial charge in [0.15, 0.2) is 0 Å². The molecule has 1 rings (SSSR count). The number of carbonyl (C=O) groups is 1. The molecule has 0 spiro atoms. The molecule has 5 nitrogen and oxygen atoms in total. The Labute approximate surface area is 101 Å². The van der Waals surface area contributed by atoms with Crippen molar-refractivity contribution in [1.82, 2.24) is 0 Å². The highest BCUT2D eigenvalue weighted by molar-refractivity contribution is 5.96. The van der Waals surface area contributed by atoms with Crippen LogP contribution in [0.2, 0.25) is 0 Å². The van der Waals surface area contributed by atoms with Crippen LogP contribution in [-0.2, 0) is 9.47 Å². The molecule has 5 heteroatoms. The molecule has 0 fully saturated rings. The summed E-state index contributed by atoms with van der Waals surface area (Å²) in [6.45, 7) is 3.82. The molecule has 94 valence electrons. The van der Waals surface area contributed by atoms with Gasteiger partial charge in [-0.3, -0.25) is 0 Å². The van der Waals surface area contributed by atoms with Gasteiger partial charge in [0, 0.05) is 24.5 Å². The number of esters is 1. The monoisotopic (exact) mass is 238 g/mol. The number of methoxy groups -OCH3 is 1. The number of ether oxygens (including phenoxy) is 2. The fraction of sp³-hybridized carbons (Fsp3) is 0.417. The van der Waals surface area contributed by atoms with Crippen LogP contribution in [0.25, 0.3) is 0 Å². The number of hydrogen-bond acceptors (Lipinski definition) is 5. The number of benzene rings is 1. The molecule has 0 bridgehead atoms. The van der Waals surface area contributed by atoms with Crippen LogP contribution in [0.15, 0.2) is 18.2 Å². The minimum Gasteiger partial charge on any atom is -0.465 e. The Morgan fingerprint density at radius 1 is 1.47 bits per heavy atom. The summed E-state index contributed by atoms with van der Waals surface area (Å²) < 4.78 is 9.90. The van der Waals surface area contributed by atoms with Crippen molar-refractivity contribution in [1.29, 1.82) is 0 Å². The summed E-state index contributed by atoms with van der Waals surface area (Å²) in [6, 6.07) is 5.08. The van der Waals surface area contributed by atoms with Crippen LogP contribution in [0.3, 0.4) is 0 Å². The lowest BCUT2D eigenvalue weighted by atomic mass is 10.1. The van der Waals surface area contributed by atoms with Crippen LogP contribution < -0.4 is 11.1 Å². The third-order valence-corrected chi connectivity index (χ3v) is 2.21. The maximum atomic E-state index is 11.5. The molecule has 0 aliphatic rings. The number of nitrogen functional groups attached to an aromatic ring is 1. The molecule has 1 aromatic rings. The Morgan fingerprint density at radius 3 is 2.88 bits per heavy atom. The Kier molecular flexibility index (Phi) is 5.29. The van der Waals surface area contributed by atoms with Gasteiger partial charge in [0.1, 0.15) is 0 Å². The van der Waals surface area contributed by atoms with E-state index in [9.17, 15) is 4.79 Å². The maximum Gasteiger partial charge on any atom is 0.340 e. The standard InChI is InChI=1S/C12H18N2O3/c1-3-17-7-6-14-11-5-4-9(13)8-10(11)12(15)16-2/h4-5,8,14H,3,6-7,13H2,1-2H3. The zero-order valence-corrected chi connectivity index (χ0v) is 10.2. The largest absolute Gasteiger partial charge is 0.465 e. The third-order valence-electron chi connectivity index (χ3n) is 2.21. The molecule has 0 aromatic heterocycles. The average Bonchev–Trinajstić information content (AvgIpc) is 2.35. The summed E-state index contributed by atoms with van der Waals surface area (Å²) in [5.41, 5.74) is 7.30. The minimum absolute atomic E-state index is 0.406. The van der Waals surface area contributed by atoms with E-state index in [-0.39, 0.29) is 0 Å². The van der Waals surface area contributed by atoms with Crippen LogP contribution in [0, 0.1) is 0 Å². The van der Waals surface area contributed by atoms with Crippen molar-refractivity contribution in [3.63, 3.8) is 0 Å². The van der Waals surface area contributed by atoms with E-state index in [0.717, 1.165) is 0 Å². The van der Waals surface area contributed by atoms with Gasteiger partial charge in [0.2, 0.25) is 0 Å². The van der Waals surface area contributed by atoms with Crippen molar-refractivity contribution >= 4 is 17.3 Å². The number of nitrogens with two attached hydrogens (primary N) is 1. The molecule has 0 amide bonds. The van der Waals surface area contributed by atoms with E-state index >= 15 is 0 Å². The zero-order chi connectivity index (χ0) is 12.7. The maximum absolute atomic E-state index is 11.5. The Hall–Kier alpha value is -1.75. The Morgan fingerprint density at radius 2 is 2.24 bits per heavy atom. The van der Waals surface area contributed by atoms with Crippen LogP contribution in [0.4, 0.5) is 11.4 Å². The minimum atomic E-state index is -0.406. The lowest BCUT2D eigenvalue weighted by molar-refractivity contribution is 0.0601. The summed E-state index contributed by atoms with van der Waals surface area (Å²) in [5.74, 6) is -0.406.